The van der Waals surface area contributed by atoms with Gasteiger partial charge in [0.1, 0.15) is 0 Å². The fourth-order valence-electron chi connectivity index (χ4n) is 2.02. The number of anilines is 1. The summed E-state index contributed by atoms with van der Waals surface area (Å²) >= 11 is 5.91. The molecule has 0 N–H and O–H groups in total. The number of nitro benzene ring substituents is 1. The van der Waals surface area contributed by atoms with Crippen molar-refractivity contribution in [3.05, 3.63) is 63.2 Å². The Labute approximate surface area is 133 Å². The van der Waals surface area contributed by atoms with Gasteiger partial charge in [-0.25, -0.2) is 8.42 Å². The van der Waals surface area contributed by atoms with Gasteiger partial charge in [0.15, 0.2) is 4.90 Å². The van der Waals surface area contributed by atoms with Crippen molar-refractivity contribution in [1.82, 2.24) is 0 Å². The molecule has 6 nitrogen and oxygen atoms in total. The Bertz CT molecular complexity index is 836. The maximum absolute atomic E-state index is 12.7. The van der Waals surface area contributed by atoms with Gasteiger partial charge in [-0.2, -0.15) is 0 Å². The van der Waals surface area contributed by atoms with Gasteiger partial charge in [-0.15, -0.1) is 0 Å². The van der Waals surface area contributed by atoms with E-state index in [1.165, 1.54) is 31.3 Å². The van der Waals surface area contributed by atoms with E-state index in [0.29, 0.717) is 16.3 Å². The minimum atomic E-state index is -4.07. The number of nitro groups is 1. The summed E-state index contributed by atoms with van der Waals surface area (Å²) in [5.41, 5.74) is 0.591. The second-order valence-corrected chi connectivity index (χ2v) is 7.00. The molecule has 0 aliphatic heterocycles. The van der Waals surface area contributed by atoms with Gasteiger partial charge >= 0.3 is 0 Å². The quantitative estimate of drug-likeness (QED) is 0.631. The number of rotatable bonds is 4. The van der Waals surface area contributed by atoms with Crippen LogP contribution in [0.4, 0.5) is 11.4 Å². The Morgan fingerprint density at radius 1 is 1.18 bits per heavy atom. The van der Waals surface area contributed by atoms with Crippen molar-refractivity contribution < 1.29 is 13.3 Å². The maximum Gasteiger partial charge on any atom is 0.289 e. The monoisotopic (exact) mass is 340 g/mol. The Hall–Kier alpha value is -2.12. The first-order valence-electron chi connectivity index (χ1n) is 6.23. The second-order valence-electron chi connectivity index (χ2n) is 4.63. The molecule has 8 heteroatoms. The molecule has 2 aromatic rings. The predicted octanol–water partition coefficient (Wildman–Crippen LogP) is 3.38. The average Bonchev–Trinajstić information content (AvgIpc) is 2.49. The fraction of sp³-hybridized carbons (Fsp3) is 0.143. The number of hydrogen-bond donors (Lipinski definition) is 0. The molecular weight excluding hydrogens is 328 g/mol. The highest BCUT2D eigenvalue weighted by Crippen LogP contribution is 2.31. The molecule has 0 unspecified atom stereocenters. The minimum Gasteiger partial charge on any atom is -0.269 e. The number of hydrogen-bond acceptors (Lipinski definition) is 4. The highest BCUT2D eigenvalue weighted by molar-refractivity contribution is 7.93. The summed E-state index contributed by atoms with van der Waals surface area (Å²) in [5, 5.41) is 11.4. The van der Waals surface area contributed by atoms with E-state index in [1.54, 1.807) is 19.1 Å². The van der Waals surface area contributed by atoms with Gasteiger partial charge in [-0.3, -0.25) is 14.4 Å². The molecule has 0 aliphatic rings. The zero-order chi connectivity index (χ0) is 16.5. The van der Waals surface area contributed by atoms with Crippen LogP contribution in [-0.2, 0) is 10.0 Å². The van der Waals surface area contributed by atoms with E-state index in [9.17, 15) is 18.5 Å². The summed E-state index contributed by atoms with van der Waals surface area (Å²) in [6, 6.07) is 10.1. The van der Waals surface area contributed by atoms with Crippen molar-refractivity contribution in [2.24, 2.45) is 0 Å². The van der Waals surface area contributed by atoms with E-state index in [1.807, 2.05) is 0 Å². The molecule has 0 atom stereocenters. The maximum atomic E-state index is 12.7. The third-order valence-electron chi connectivity index (χ3n) is 3.21. The zero-order valence-corrected chi connectivity index (χ0v) is 13.4. The summed E-state index contributed by atoms with van der Waals surface area (Å²) in [6.45, 7) is 1.73. The molecule has 0 aromatic heterocycles. The van der Waals surface area contributed by atoms with E-state index < -0.39 is 20.6 Å². The molecule has 0 saturated carbocycles. The third-order valence-corrected chi connectivity index (χ3v) is 5.26. The predicted molar refractivity (Wildman–Crippen MR) is 84.9 cm³/mol. The highest BCUT2D eigenvalue weighted by Gasteiger charge is 2.30. The highest BCUT2D eigenvalue weighted by atomic mass is 35.5. The molecular formula is C14H13ClN2O4S. The van der Waals surface area contributed by atoms with Crippen LogP contribution in [0.3, 0.4) is 0 Å². The van der Waals surface area contributed by atoms with Crippen LogP contribution in [0.1, 0.15) is 5.56 Å². The summed E-state index contributed by atoms with van der Waals surface area (Å²) in [5.74, 6) is 0. The normalized spacial score (nSPS) is 11.2. The van der Waals surface area contributed by atoms with Gasteiger partial charge in [0.2, 0.25) is 0 Å². The summed E-state index contributed by atoms with van der Waals surface area (Å²) in [7, 11) is -2.74. The fourth-order valence-corrected chi connectivity index (χ4v) is 3.60. The van der Waals surface area contributed by atoms with Gasteiger partial charge in [0.05, 0.1) is 10.6 Å². The largest absolute Gasteiger partial charge is 0.289 e. The van der Waals surface area contributed by atoms with Gasteiger partial charge in [0.25, 0.3) is 15.7 Å². The SMILES string of the molecule is Cc1ccc(Cl)cc1N(C)S(=O)(=O)c1ccccc1[N+](=O)[O-]. The van der Waals surface area contributed by atoms with Crippen LogP contribution >= 0.6 is 11.6 Å². The lowest BCUT2D eigenvalue weighted by molar-refractivity contribution is -0.387. The summed E-state index contributed by atoms with van der Waals surface area (Å²) in [6.07, 6.45) is 0. The molecule has 0 bridgehead atoms. The lowest BCUT2D eigenvalue weighted by Gasteiger charge is -2.21. The molecule has 0 saturated heterocycles. The Morgan fingerprint density at radius 3 is 2.45 bits per heavy atom. The van der Waals surface area contributed by atoms with E-state index in [0.717, 1.165) is 10.4 Å². The first kappa shape index (κ1) is 16.3. The molecule has 0 amide bonds. The number of sulfonamides is 1. The van der Waals surface area contributed by atoms with Crippen LogP contribution in [0.2, 0.25) is 5.02 Å². The lowest BCUT2D eigenvalue weighted by Crippen LogP contribution is -2.27. The zero-order valence-electron chi connectivity index (χ0n) is 11.9. The first-order valence-corrected chi connectivity index (χ1v) is 8.05. The molecule has 0 heterocycles. The van der Waals surface area contributed by atoms with Gasteiger partial charge in [-0.05, 0) is 30.7 Å². The molecule has 0 radical (unpaired) electrons. The van der Waals surface area contributed by atoms with E-state index in [-0.39, 0.29) is 4.90 Å². The minimum absolute atomic E-state index is 0.359. The van der Waals surface area contributed by atoms with Crippen molar-refractivity contribution in [1.29, 1.82) is 0 Å². The van der Waals surface area contributed by atoms with Crippen molar-refractivity contribution in [3.63, 3.8) is 0 Å². The van der Waals surface area contributed by atoms with Crippen molar-refractivity contribution >= 4 is 33.0 Å². The topological polar surface area (TPSA) is 80.5 Å². The molecule has 0 spiro atoms. The van der Waals surface area contributed by atoms with Crippen LogP contribution in [0.5, 0.6) is 0 Å². The van der Waals surface area contributed by atoms with E-state index in [4.69, 9.17) is 11.6 Å². The molecule has 0 fully saturated rings. The van der Waals surface area contributed by atoms with Crippen LogP contribution in [-0.4, -0.2) is 20.4 Å². The van der Waals surface area contributed by atoms with E-state index >= 15 is 0 Å². The lowest BCUT2D eigenvalue weighted by atomic mass is 10.2. The molecule has 2 rings (SSSR count). The summed E-state index contributed by atoms with van der Waals surface area (Å²) in [4.78, 5) is 9.97. The average molecular weight is 341 g/mol. The second kappa shape index (κ2) is 5.94. The van der Waals surface area contributed by atoms with Crippen LogP contribution in [0, 0.1) is 17.0 Å². The third kappa shape index (κ3) is 2.90. The van der Waals surface area contributed by atoms with Crippen molar-refractivity contribution in [3.8, 4) is 0 Å². The van der Waals surface area contributed by atoms with Crippen LogP contribution < -0.4 is 4.31 Å². The molecule has 2 aromatic carbocycles. The molecule has 0 aliphatic carbocycles. The Kier molecular flexibility index (Phi) is 4.39. The van der Waals surface area contributed by atoms with Crippen LogP contribution in [0.15, 0.2) is 47.4 Å². The number of nitrogens with zero attached hydrogens (tertiary/aromatic N) is 2. The van der Waals surface area contributed by atoms with Crippen molar-refractivity contribution in [2.45, 2.75) is 11.8 Å². The van der Waals surface area contributed by atoms with Gasteiger partial charge in [0, 0.05) is 18.1 Å². The van der Waals surface area contributed by atoms with Gasteiger partial charge < -0.3 is 0 Å². The molecule has 116 valence electrons. The number of aryl methyl sites for hydroxylation is 1. The van der Waals surface area contributed by atoms with Crippen LogP contribution in [0.25, 0.3) is 0 Å². The Morgan fingerprint density at radius 2 is 1.82 bits per heavy atom. The van der Waals surface area contributed by atoms with Gasteiger partial charge in [-0.1, -0.05) is 29.8 Å². The number of para-hydroxylation sites is 1. The Balaban J connectivity index is 2.60. The number of halogens is 1. The van der Waals surface area contributed by atoms with Crippen molar-refractivity contribution in [2.75, 3.05) is 11.4 Å². The smallest absolute Gasteiger partial charge is 0.269 e. The first-order chi connectivity index (χ1) is 10.2. The number of benzene rings is 2. The molecule has 22 heavy (non-hydrogen) atoms. The standard InChI is InChI=1S/C14H13ClN2O4S/c1-10-7-8-11(15)9-13(10)16(2)22(20,21)14-6-4-3-5-12(14)17(18)19/h3-9H,1-2H3. The summed E-state index contributed by atoms with van der Waals surface area (Å²) < 4.78 is 26.4. The van der Waals surface area contributed by atoms with E-state index in [2.05, 4.69) is 0 Å².